The number of anilines is 2. The van der Waals surface area contributed by atoms with Gasteiger partial charge in [-0.05, 0) is 73.2 Å². The molecule has 0 saturated carbocycles. The monoisotopic (exact) mass is 553 g/mol. The van der Waals surface area contributed by atoms with E-state index < -0.39 is 26.0 Å². The van der Waals surface area contributed by atoms with Crippen molar-refractivity contribution in [2.45, 2.75) is 28.9 Å². The summed E-state index contributed by atoms with van der Waals surface area (Å²) in [6, 6.07) is 13.9. The molecule has 12 heteroatoms. The number of nitrogens with zero attached hydrogens (tertiary/aromatic N) is 1. The van der Waals surface area contributed by atoms with Gasteiger partial charge in [0.05, 0.1) is 16.5 Å². The number of hydrogen-bond acceptors (Lipinski definition) is 6. The molecule has 0 unspecified atom stereocenters. The maximum absolute atomic E-state index is 12.8. The van der Waals surface area contributed by atoms with Crippen molar-refractivity contribution < 1.29 is 21.6 Å². The van der Waals surface area contributed by atoms with Gasteiger partial charge in [0.25, 0.3) is 20.0 Å². The standard InChI is InChI=1S/C23H24ClN3O5S3/c1-16-6-7-19(14-21(16)24)26-34(29,30)20-10-8-18(9-11-20)25-23(28)17-4-2-12-27(15-17)35(31,32)22-5-3-13-33-22/h3,5-11,13-14,17,26H,2,4,12,15H2,1H3,(H,25,28)/t17-/m1/s1. The molecule has 0 radical (unpaired) electrons. The Kier molecular flexibility index (Phi) is 7.53. The number of carbonyl (C=O) groups is 1. The molecule has 1 amide bonds. The highest BCUT2D eigenvalue weighted by atomic mass is 35.5. The molecule has 1 aromatic heterocycles. The van der Waals surface area contributed by atoms with E-state index in [4.69, 9.17) is 11.6 Å². The third-order valence-electron chi connectivity index (χ3n) is 5.70. The van der Waals surface area contributed by atoms with E-state index >= 15 is 0 Å². The molecule has 2 heterocycles. The third kappa shape index (κ3) is 5.87. The van der Waals surface area contributed by atoms with Crippen LogP contribution in [0.1, 0.15) is 18.4 Å². The number of carbonyl (C=O) groups excluding carboxylic acids is 1. The molecule has 1 saturated heterocycles. The first-order chi connectivity index (χ1) is 16.6. The van der Waals surface area contributed by atoms with Crippen molar-refractivity contribution >= 4 is 60.3 Å². The SMILES string of the molecule is Cc1ccc(NS(=O)(=O)c2ccc(NC(=O)[C@@H]3CCCN(S(=O)(=O)c4cccs4)C3)cc2)cc1Cl. The van der Waals surface area contributed by atoms with E-state index in [1.54, 1.807) is 29.6 Å². The van der Waals surface area contributed by atoms with Crippen molar-refractivity contribution in [2.75, 3.05) is 23.1 Å². The molecule has 35 heavy (non-hydrogen) atoms. The van der Waals surface area contributed by atoms with Crippen LogP contribution in [0.4, 0.5) is 11.4 Å². The second-order valence-electron chi connectivity index (χ2n) is 8.22. The zero-order valence-corrected chi connectivity index (χ0v) is 22.0. The van der Waals surface area contributed by atoms with Gasteiger partial charge in [-0.1, -0.05) is 23.7 Å². The van der Waals surface area contributed by atoms with Crippen molar-refractivity contribution in [3.05, 3.63) is 70.6 Å². The van der Waals surface area contributed by atoms with Gasteiger partial charge in [0.1, 0.15) is 4.21 Å². The summed E-state index contributed by atoms with van der Waals surface area (Å²) in [5, 5.41) is 4.93. The molecule has 0 bridgehead atoms. The summed E-state index contributed by atoms with van der Waals surface area (Å²) in [4.78, 5) is 12.9. The van der Waals surface area contributed by atoms with Crippen molar-refractivity contribution in [1.29, 1.82) is 0 Å². The quantitative estimate of drug-likeness (QED) is 0.445. The number of aryl methyl sites for hydroxylation is 1. The minimum atomic E-state index is -3.85. The minimum Gasteiger partial charge on any atom is -0.326 e. The van der Waals surface area contributed by atoms with Crippen LogP contribution in [-0.4, -0.2) is 40.1 Å². The fourth-order valence-electron chi connectivity index (χ4n) is 3.74. The van der Waals surface area contributed by atoms with E-state index in [0.29, 0.717) is 35.8 Å². The Labute approximate surface area is 214 Å². The Balaban J connectivity index is 1.40. The summed E-state index contributed by atoms with van der Waals surface area (Å²) in [5.74, 6) is -0.811. The zero-order valence-electron chi connectivity index (χ0n) is 18.8. The Morgan fingerprint density at radius 2 is 1.77 bits per heavy atom. The fraction of sp³-hybridized carbons (Fsp3) is 0.261. The lowest BCUT2D eigenvalue weighted by Gasteiger charge is -2.30. The molecule has 3 aromatic rings. The molecule has 2 aromatic carbocycles. The highest BCUT2D eigenvalue weighted by Crippen LogP contribution is 2.28. The smallest absolute Gasteiger partial charge is 0.261 e. The van der Waals surface area contributed by atoms with Crippen LogP contribution >= 0.6 is 22.9 Å². The van der Waals surface area contributed by atoms with Gasteiger partial charge in [0, 0.05) is 23.8 Å². The Morgan fingerprint density at radius 1 is 1.06 bits per heavy atom. The van der Waals surface area contributed by atoms with Crippen molar-refractivity contribution in [3.8, 4) is 0 Å². The zero-order chi connectivity index (χ0) is 25.2. The summed E-state index contributed by atoms with van der Waals surface area (Å²) in [7, 11) is -7.47. The number of thiophene rings is 1. The Morgan fingerprint density at radius 3 is 2.43 bits per heavy atom. The van der Waals surface area contributed by atoms with E-state index in [2.05, 4.69) is 10.0 Å². The average molecular weight is 554 g/mol. The van der Waals surface area contributed by atoms with Gasteiger partial charge in [-0.2, -0.15) is 4.31 Å². The van der Waals surface area contributed by atoms with Gasteiger partial charge in [-0.25, -0.2) is 16.8 Å². The van der Waals surface area contributed by atoms with Crippen LogP contribution < -0.4 is 10.0 Å². The fourth-order valence-corrected chi connectivity index (χ4v) is 7.64. The molecule has 0 aliphatic carbocycles. The first-order valence-electron chi connectivity index (χ1n) is 10.8. The van der Waals surface area contributed by atoms with Gasteiger partial charge in [0.2, 0.25) is 5.91 Å². The van der Waals surface area contributed by atoms with Crippen LogP contribution in [0, 0.1) is 12.8 Å². The Bertz CT molecular complexity index is 1420. The van der Waals surface area contributed by atoms with E-state index in [1.165, 1.54) is 34.6 Å². The summed E-state index contributed by atoms with van der Waals surface area (Å²) < 4.78 is 55.1. The predicted octanol–water partition coefficient (Wildman–Crippen LogP) is 4.55. The average Bonchev–Trinajstić information content (AvgIpc) is 3.38. The third-order valence-corrected chi connectivity index (χ3v) is 10.7. The molecular formula is C23H24ClN3O5S3. The molecular weight excluding hydrogens is 530 g/mol. The number of halogens is 1. The van der Waals surface area contributed by atoms with Crippen LogP contribution in [0.5, 0.6) is 0 Å². The van der Waals surface area contributed by atoms with E-state index in [0.717, 1.165) is 16.9 Å². The molecule has 2 N–H and O–H groups in total. The maximum Gasteiger partial charge on any atom is 0.261 e. The number of hydrogen-bond donors (Lipinski definition) is 2. The highest BCUT2D eigenvalue weighted by Gasteiger charge is 2.33. The predicted molar refractivity (Wildman–Crippen MR) is 138 cm³/mol. The number of piperidine rings is 1. The van der Waals surface area contributed by atoms with Gasteiger partial charge in [-0.3, -0.25) is 9.52 Å². The number of rotatable bonds is 7. The van der Waals surface area contributed by atoms with E-state index in [1.807, 2.05) is 6.92 Å². The van der Waals surface area contributed by atoms with Crippen LogP contribution in [0.2, 0.25) is 5.02 Å². The molecule has 1 aliphatic heterocycles. The van der Waals surface area contributed by atoms with E-state index in [9.17, 15) is 21.6 Å². The normalized spacial score (nSPS) is 17.1. The molecule has 1 aliphatic rings. The molecule has 8 nitrogen and oxygen atoms in total. The Hall–Kier alpha value is -2.44. The first-order valence-corrected chi connectivity index (χ1v) is 15.0. The summed E-state index contributed by atoms with van der Waals surface area (Å²) in [6.07, 6.45) is 1.15. The first kappa shape index (κ1) is 25.6. The largest absolute Gasteiger partial charge is 0.326 e. The minimum absolute atomic E-state index is 0.0260. The van der Waals surface area contributed by atoms with Crippen molar-refractivity contribution in [3.63, 3.8) is 0 Å². The number of amides is 1. The second-order valence-corrected chi connectivity index (χ2v) is 13.4. The van der Waals surface area contributed by atoms with Crippen LogP contribution in [0.25, 0.3) is 0 Å². The number of benzene rings is 2. The number of sulfonamides is 2. The van der Waals surface area contributed by atoms with Gasteiger partial charge in [0.15, 0.2) is 0 Å². The van der Waals surface area contributed by atoms with E-state index in [-0.39, 0.29) is 21.6 Å². The summed E-state index contributed by atoms with van der Waals surface area (Å²) in [6.45, 7) is 2.29. The van der Waals surface area contributed by atoms with Gasteiger partial charge < -0.3 is 5.32 Å². The van der Waals surface area contributed by atoms with Crippen LogP contribution in [0.15, 0.2) is 69.1 Å². The molecule has 0 spiro atoms. The number of nitrogens with one attached hydrogen (secondary N) is 2. The lowest BCUT2D eigenvalue weighted by Crippen LogP contribution is -2.43. The second kappa shape index (κ2) is 10.3. The van der Waals surface area contributed by atoms with Crippen molar-refractivity contribution in [1.82, 2.24) is 4.31 Å². The topological polar surface area (TPSA) is 113 Å². The van der Waals surface area contributed by atoms with Crippen molar-refractivity contribution in [2.24, 2.45) is 5.92 Å². The lowest BCUT2D eigenvalue weighted by atomic mass is 9.99. The molecule has 4 rings (SSSR count). The molecule has 186 valence electrons. The lowest BCUT2D eigenvalue weighted by molar-refractivity contribution is -0.120. The highest BCUT2D eigenvalue weighted by molar-refractivity contribution is 7.92. The van der Waals surface area contributed by atoms with Gasteiger partial charge >= 0.3 is 0 Å². The molecule has 1 fully saturated rings. The summed E-state index contributed by atoms with van der Waals surface area (Å²) >= 11 is 7.22. The van der Waals surface area contributed by atoms with Gasteiger partial charge in [-0.15, -0.1) is 11.3 Å². The molecule has 1 atom stereocenters. The maximum atomic E-state index is 12.8. The summed E-state index contributed by atoms with van der Waals surface area (Å²) in [5.41, 5.74) is 1.60. The van der Waals surface area contributed by atoms with Crippen LogP contribution in [0.3, 0.4) is 0 Å². The van der Waals surface area contributed by atoms with Crippen LogP contribution in [-0.2, 0) is 24.8 Å².